The van der Waals surface area contributed by atoms with Gasteiger partial charge in [-0.2, -0.15) is 5.10 Å². The van der Waals surface area contributed by atoms with Crippen LogP contribution in [0, 0.1) is 5.92 Å². The van der Waals surface area contributed by atoms with Gasteiger partial charge in [-0.1, -0.05) is 29.8 Å². The van der Waals surface area contributed by atoms with Crippen molar-refractivity contribution < 1.29 is 4.79 Å². The zero-order valence-electron chi connectivity index (χ0n) is 14.3. The summed E-state index contributed by atoms with van der Waals surface area (Å²) in [5.74, 6) is 0.405. The summed E-state index contributed by atoms with van der Waals surface area (Å²) < 4.78 is 1.82. The predicted octanol–water partition coefficient (Wildman–Crippen LogP) is 2.91. The second-order valence-electron chi connectivity index (χ2n) is 7.22. The topological polar surface area (TPSA) is 59.0 Å². The average Bonchev–Trinajstić information content (AvgIpc) is 2.91. The maximum atomic E-state index is 12.7. The number of halogens is 1. The molecule has 0 bridgehead atoms. The Hall–Kier alpha value is -1.85. The van der Waals surface area contributed by atoms with Gasteiger partial charge in [0.25, 0.3) is 5.91 Å². The molecule has 6 heteroatoms. The van der Waals surface area contributed by atoms with Crippen molar-refractivity contribution in [3.8, 4) is 11.3 Å². The standard InChI is InChI=1S/C18H23ClN4O/c1-18(2,3)23-11-14(17(24)21-10-12-8-20-9-12)16(22-23)13-6-4-5-7-15(13)19/h4-7,11-12,20H,8-10H2,1-3H3,(H,21,24). The van der Waals surface area contributed by atoms with Crippen LogP contribution in [0.5, 0.6) is 0 Å². The summed E-state index contributed by atoms with van der Waals surface area (Å²) in [6.07, 6.45) is 1.81. The molecule has 1 aliphatic rings. The van der Waals surface area contributed by atoms with Crippen molar-refractivity contribution in [2.75, 3.05) is 19.6 Å². The molecule has 0 radical (unpaired) electrons. The lowest BCUT2D eigenvalue weighted by Crippen LogP contribution is -2.48. The summed E-state index contributed by atoms with van der Waals surface area (Å²) >= 11 is 6.33. The minimum atomic E-state index is -0.216. The van der Waals surface area contributed by atoms with E-state index in [1.807, 2.05) is 35.1 Å². The molecule has 2 heterocycles. The van der Waals surface area contributed by atoms with E-state index in [1.54, 1.807) is 0 Å². The Labute approximate surface area is 147 Å². The Morgan fingerprint density at radius 3 is 2.67 bits per heavy atom. The average molecular weight is 347 g/mol. The van der Waals surface area contributed by atoms with Gasteiger partial charge in [0.05, 0.1) is 16.1 Å². The van der Waals surface area contributed by atoms with E-state index in [4.69, 9.17) is 11.6 Å². The van der Waals surface area contributed by atoms with E-state index in [0.717, 1.165) is 18.7 Å². The molecule has 1 aromatic heterocycles. The molecule has 5 nitrogen and oxygen atoms in total. The number of nitrogens with one attached hydrogen (secondary N) is 2. The molecule has 1 amide bonds. The number of benzene rings is 1. The van der Waals surface area contributed by atoms with Crippen LogP contribution in [0.1, 0.15) is 31.1 Å². The maximum absolute atomic E-state index is 12.7. The number of carbonyl (C=O) groups is 1. The van der Waals surface area contributed by atoms with Gasteiger partial charge in [-0.25, -0.2) is 0 Å². The van der Waals surface area contributed by atoms with Crippen LogP contribution in [0.4, 0.5) is 0 Å². The summed E-state index contributed by atoms with van der Waals surface area (Å²) in [6, 6.07) is 7.48. The highest BCUT2D eigenvalue weighted by Gasteiger charge is 2.25. The van der Waals surface area contributed by atoms with Gasteiger partial charge in [0, 0.05) is 37.3 Å². The molecule has 2 N–H and O–H groups in total. The monoisotopic (exact) mass is 346 g/mol. The summed E-state index contributed by atoms with van der Waals surface area (Å²) in [6.45, 7) is 8.75. The molecule has 1 aromatic carbocycles. The number of hydrogen-bond donors (Lipinski definition) is 2. The van der Waals surface area contributed by atoms with Crippen molar-refractivity contribution >= 4 is 17.5 Å². The van der Waals surface area contributed by atoms with Crippen LogP contribution >= 0.6 is 11.6 Å². The van der Waals surface area contributed by atoms with E-state index in [0.29, 0.717) is 28.7 Å². The third kappa shape index (κ3) is 3.47. The third-order valence-corrected chi connectivity index (χ3v) is 4.52. The van der Waals surface area contributed by atoms with Crippen molar-refractivity contribution in [2.24, 2.45) is 5.92 Å². The largest absolute Gasteiger partial charge is 0.352 e. The van der Waals surface area contributed by atoms with Crippen LogP contribution in [0.3, 0.4) is 0 Å². The first-order valence-corrected chi connectivity index (χ1v) is 8.58. The molecular weight excluding hydrogens is 324 g/mol. The molecule has 24 heavy (non-hydrogen) atoms. The van der Waals surface area contributed by atoms with Gasteiger partial charge < -0.3 is 10.6 Å². The third-order valence-electron chi connectivity index (χ3n) is 4.19. The van der Waals surface area contributed by atoms with Crippen molar-refractivity contribution in [2.45, 2.75) is 26.3 Å². The molecule has 0 spiro atoms. The van der Waals surface area contributed by atoms with Gasteiger partial charge in [0.15, 0.2) is 0 Å². The van der Waals surface area contributed by atoms with E-state index in [9.17, 15) is 4.79 Å². The maximum Gasteiger partial charge on any atom is 0.255 e. The van der Waals surface area contributed by atoms with E-state index < -0.39 is 0 Å². The minimum Gasteiger partial charge on any atom is -0.352 e. The van der Waals surface area contributed by atoms with Crippen LogP contribution in [-0.4, -0.2) is 35.3 Å². The van der Waals surface area contributed by atoms with Crippen molar-refractivity contribution in [3.05, 3.63) is 41.0 Å². The number of amides is 1. The van der Waals surface area contributed by atoms with E-state index >= 15 is 0 Å². The van der Waals surface area contributed by atoms with Crippen LogP contribution in [-0.2, 0) is 5.54 Å². The summed E-state index contributed by atoms with van der Waals surface area (Å²) in [7, 11) is 0. The molecule has 128 valence electrons. The molecule has 0 atom stereocenters. The second kappa shape index (κ2) is 6.57. The molecule has 1 fully saturated rings. The Balaban J connectivity index is 1.95. The Kier molecular flexibility index (Phi) is 4.65. The van der Waals surface area contributed by atoms with Crippen molar-refractivity contribution in [3.63, 3.8) is 0 Å². The zero-order chi connectivity index (χ0) is 17.3. The van der Waals surface area contributed by atoms with Gasteiger partial charge in [-0.3, -0.25) is 9.48 Å². The second-order valence-corrected chi connectivity index (χ2v) is 7.63. The highest BCUT2D eigenvalue weighted by molar-refractivity contribution is 6.33. The van der Waals surface area contributed by atoms with E-state index in [2.05, 4.69) is 36.5 Å². The Morgan fingerprint density at radius 1 is 1.38 bits per heavy atom. The lowest BCUT2D eigenvalue weighted by Gasteiger charge is -2.27. The first-order chi connectivity index (χ1) is 11.4. The molecule has 0 aliphatic carbocycles. The molecule has 0 unspecified atom stereocenters. The molecular formula is C18H23ClN4O. The summed E-state index contributed by atoms with van der Waals surface area (Å²) in [5, 5.41) is 11.5. The number of aromatic nitrogens is 2. The highest BCUT2D eigenvalue weighted by Crippen LogP contribution is 2.30. The number of carbonyl (C=O) groups excluding carboxylic acids is 1. The summed E-state index contributed by atoms with van der Waals surface area (Å²) in [5.41, 5.74) is 1.74. The molecule has 3 rings (SSSR count). The number of rotatable bonds is 4. The van der Waals surface area contributed by atoms with Crippen molar-refractivity contribution in [1.29, 1.82) is 0 Å². The van der Waals surface area contributed by atoms with Crippen molar-refractivity contribution in [1.82, 2.24) is 20.4 Å². The normalized spacial score (nSPS) is 15.2. The fraction of sp³-hybridized carbons (Fsp3) is 0.444. The highest BCUT2D eigenvalue weighted by atomic mass is 35.5. The Bertz CT molecular complexity index is 744. The quantitative estimate of drug-likeness (QED) is 0.895. The van der Waals surface area contributed by atoms with E-state index in [1.165, 1.54) is 0 Å². The minimum absolute atomic E-state index is 0.104. The van der Waals surface area contributed by atoms with Gasteiger partial charge in [-0.05, 0) is 26.8 Å². The van der Waals surface area contributed by atoms with Crippen LogP contribution in [0.25, 0.3) is 11.3 Å². The van der Waals surface area contributed by atoms with E-state index in [-0.39, 0.29) is 11.4 Å². The zero-order valence-corrected chi connectivity index (χ0v) is 15.0. The first-order valence-electron chi connectivity index (χ1n) is 8.20. The lowest BCUT2D eigenvalue weighted by atomic mass is 10.0. The SMILES string of the molecule is CC(C)(C)n1cc(C(=O)NCC2CNC2)c(-c2ccccc2Cl)n1. The van der Waals surface area contributed by atoms with Gasteiger partial charge in [0.2, 0.25) is 0 Å². The fourth-order valence-electron chi connectivity index (χ4n) is 2.56. The smallest absolute Gasteiger partial charge is 0.255 e. The Morgan fingerprint density at radius 2 is 2.08 bits per heavy atom. The number of nitrogens with zero attached hydrogens (tertiary/aromatic N) is 2. The van der Waals surface area contributed by atoms with Gasteiger partial charge in [0.1, 0.15) is 5.69 Å². The number of hydrogen-bond acceptors (Lipinski definition) is 3. The predicted molar refractivity (Wildman–Crippen MR) is 96.4 cm³/mol. The van der Waals surface area contributed by atoms with Gasteiger partial charge >= 0.3 is 0 Å². The molecule has 1 aliphatic heterocycles. The van der Waals surface area contributed by atoms with Crippen LogP contribution in [0.2, 0.25) is 5.02 Å². The molecule has 0 saturated carbocycles. The van der Waals surface area contributed by atoms with Gasteiger partial charge in [-0.15, -0.1) is 0 Å². The van der Waals surface area contributed by atoms with Crippen LogP contribution in [0.15, 0.2) is 30.5 Å². The lowest BCUT2D eigenvalue weighted by molar-refractivity contribution is 0.0942. The first kappa shape index (κ1) is 17.0. The summed E-state index contributed by atoms with van der Waals surface area (Å²) in [4.78, 5) is 12.7. The fourth-order valence-corrected chi connectivity index (χ4v) is 2.79. The molecule has 2 aromatic rings. The molecule has 1 saturated heterocycles. The van der Waals surface area contributed by atoms with Crippen LogP contribution < -0.4 is 10.6 Å².